The van der Waals surface area contributed by atoms with E-state index >= 15 is 0 Å². The molecule has 3 N–H and O–H groups in total. The predicted molar refractivity (Wildman–Crippen MR) is 306 cm³/mol. The number of ether oxygens (including phenoxy) is 1. The first-order valence-corrected chi connectivity index (χ1v) is 31.9. The Morgan fingerprint density at radius 3 is 1.03 bits per heavy atom. The summed E-state index contributed by atoms with van der Waals surface area (Å²) < 4.78 is 5.48. The van der Waals surface area contributed by atoms with E-state index in [0.717, 1.165) is 44.9 Å². The lowest BCUT2D eigenvalue weighted by Gasteiger charge is -2.22. The van der Waals surface area contributed by atoms with Crippen LogP contribution in [0.1, 0.15) is 361 Å². The van der Waals surface area contributed by atoms with E-state index in [-0.39, 0.29) is 18.5 Å². The van der Waals surface area contributed by atoms with Crippen molar-refractivity contribution < 1.29 is 24.5 Å². The summed E-state index contributed by atoms with van der Waals surface area (Å²) in [6.45, 7) is 4.96. The van der Waals surface area contributed by atoms with Crippen molar-refractivity contribution in [1.29, 1.82) is 0 Å². The number of hydrogen-bond donors (Lipinski definition) is 3. The molecule has 0 fully saturated rings. The average molecular weight is 989 g/mol. The summed E-state index contributed by atoms with van der Waals surface area (Å²) in [5, 5.41) is 23.3. The van der Waals surface area contributed by atoms with Crippen LogP contribution in [0.25, 0.3) is 0 Å². The van der Waals surface area contributed by atoms with Crippen LogP contribution in [0.5, 0.6) is 0 Å². The maximum absolute atomic E-state index is 12.5. The fourth-order valence-electron chi connectivity index (χ4n) is 10.2. The molecule has 0 radical (unpaired) electrons. The molecule has 1 amide bonds. The van der Waals surface area contributed by atoms with Gasteiger partial charge in [-0.2, -0.15) is 0 Å². The van der Waals surface area contributed by atoms with Crippen LogP contribution >= 0.6 is 0 Å². The molecule has 0 heterocycles. The second kappa shape index (κ2) is 60.2. The lowest BCUT2D eigenvalue weighted by Crippen LogP contribution is -2.45. The molecule has 0 saturated heterocycles. The van der Waals surface area contributed by atoms with Gasteiger partial charge in [-0.1, -0.05) is 309 Å². The Balaban J connectivity index is 3.36. The Labute approximate surface area is 438 Å². The fourth-order valence-corrected chi connectivity index (χ4v) is 10.2. The highest BCUT2D eigenvalue weighted by atomic mass is 16.5. The first-order chi connectivity index (χ1) is 34.5. The van der Waals surface area contributed by atoms with Gasteiger partial charge in [0, 0.05) is 12.8 Å². The monoisotopic (exact) mass is 988 g/mol. The van der Waals surface area contributed by atoms with Crippen LogP contribution < -0.4 is 5.32 Å². The number of aliphatic hydroxyl groups excluding tert-OH is 2. The molecule has 0 aromatic carbocycles. The van der Waals surface area contributed by atoms with Gasteiger partial charge in [0.1, 0.15) is 0 Å². The zero-order valence-corrected chi connectivity index (χ0v) is 47.5. The lowest BCUT2D eigenvalue weighted by atomic mass is 10.0. The molecule has 6 nitrogen and oxygen atoms in total. The third-order valence-electron chi connectivity index (χ3n) is 15.1. The number of aliphatic hydroxyl groups is 2. The van der Waals surface area contributed by atoms with Gasteiger partial charge in [-0.15, -0.1) is 0 Å². The van der Waals surface area contributed by atoms with Crippen LogP contribution in [0.4, 0.5) is 0 Å². The van der Waals surface area contributed by atoms with Gasteiger partial charge in [0.25, 0.3) is 0 Å². The molecule has 0 saturated carbocycles. The maximum atomic E-state index is 12.5. The van der Waals surface area contributed by atoms with Crippen LogP contribution in [-0.4, -0.2) is 47.4 Å². The minimum Gasteiger partial charge on any atom is -0.466 e. The topological polar surface area (TPSA) is 95.9 Å². The maximum Gasteiger partial charge on any atom is 0.305 e. The zero-order chi connectivity index (χ0) is 50.7. The van der Waals surface area contributed by atoms with E-state index in [2.05, 4.69) is 31.3 Å². The molecule has 0 rings (SSSR count). The third kappa shape index (κ3) is 55.9. The normalized spacial score (nSPS) is 12.6. The number of rotatable bonds is 60. The fraction of sp³-hybridized carbons (Fsp3) is 0.938. The van der Waals surface area contributed by atoms with Gasteiger partial charge in [-0.3, -0.25) is 9.59 Å². The summed E-state index contributed by atoms with van der Waals surface area (Å²) in [6.07, 6.45) is 72.3. The summed E-state index contributed by atoms with van der Waals surface area (Å²) in [5.41, 5.74) is 0. The highest BCUT2D eigenvalue weighted by Crippen LogP contribution is 2.18. The summed E-state index contributed by atoms with van der Waals surface area (Å²) in [5.74, 6) is -0.0239. The molecule has 2 unspecified atom stereocenters. The Morgan fingerprint density at radius 1 is 0.386 bits per heavy atom. The second-order valence-corrected chi connectivity index (χ2v) is 22.1. The largest absolute Gasteiger partial charge is 0.466 e. The molecule has 0 aliphatic carbocycles. The van der Waals surface area contributed by atoms with Crippen LogP contribution in [-0.2, 0) is 14.3 Å². The van der Waals surface area contributed by atoms with E-state index in [1.54, 1.807) is 0 Å². The Morgan fingerprint density at radius 2 is 0.671 bits per heavy atom. The number of nitrogens with one attached hydrogen (secondary N) is 1. The van der Waals surface area contributed by atoms with Crippen molar-refractivity contribution in [2.75, 3.05) is 13.2 Å². The summed E-state index contributed by atoms with van der Waals surface area (Å²) >= 11 is 0. The molecule has 6 heteroatoms. The predicted octanol–water partition coefficient (Wildman–Crippen LogP) is 20.0. The molecule has 0 bridgehead atoms. The molecule has 70 heavy (non-hydrogen) atoms. The second-order valence-electron chi connectivity index (χ2n) is 22.1. The van der Waals surface area contributed by atoms with E-state index in [9.17, 15) is 19.8 Å². The minimum absolute atomic E-state index is 0.00689. The molecule has 0 spiro atoms. The van der Waals surface area contributed by atoms with Gasteiger partial charge in [0.2, 0.25) is 5.91 Å². The highest BCUT2D eigenvalue weighted by molar-refractivity contribution is 5.76. The van der Waals surface area contributed by atoms with Gasteiger partial charge in [0.05, 0.1) is 25.4 Å². The lowest BCUT2D eigenvalue weighted by molar-refractivity contribution is -0.143. The van der Waals surface area contributed by atoms with E-state index in [1.165, 1.54) is 283 Å². The third-order valence-corrected chi connectivity index (χ3v) is 15.1. The molecule has 416 valence electrons. The quantitative estimate of drug-likeness (QED) is 0.0321. The van der Waals surface area contributed by atoms with Gasteiger partial charge >= 0.3 is 5.97 Å². The van der Waals surface area contributed by atoms with E-state index in [0.29, 0.717) is 25.9 Å². The van der Waals surface area contributed by atoms with E-state index in [1.807, 2.05) is 0 Å². The molecule has 0 aliphatic rings. The molecule has 0 aromatic heterocycles. The summed E-state index contributed by atoms with van der Waals surface area (Å²) in [4.78, 5) is 24.5. The molecular weight excluding hydrogens is 863 g/mol. The summed E-state index contributed by atoms with van der Waals surface area (Å²) in [7, 11) is 0. The number of carbonyl (C=O) groups excluding carboxylic acids is 2. The highest BCUT2D eigenvalue weighted by Gasteiger charge is 2.20. The van der Waals surface area contributed by atoms with E-state index < -0.39 is 12.1 Å². The zero-order valence-electron chi connectivity index (χ0n) is 47.5. The minimum atomic E-state index is -0.663. The number of hydrogen-bond acceptors (Lipinski definition) is 5. The van der Waals surface area contributed by atoms with Crippen molar-refractivity contribution in [3.8, 4) is 0 Å². The number of allylic oxidation sites excluding steroid dienone is 2. The first kappa shape index (κ1) is 68.6. The molecule has 0 aliphatic heterocycles. The van der Waals surface area contributed by atoms with Gasteiger partial charge in [-0.25, -0.2) is 0 Å². The van der Waals surface area contributed by atoms with Crippen molar-refractivity contribution in [3.05, 3.63) is 12.2 Å². The average Bonchev–Trinajstić information content (AvgIpc) is 3.36. The van der Waals surface area contributed by atoms with E-state index in [4.69, 9.17) is 4.74 Å². The van der Waals surface area contributed by atoms with Crippen molar-refractivity contribution in [1.82, 2.24) is 5.32 Å². The number of amides is 1. The van der Waals surface area contributed by atoms with Crippen molar-refractivity contribution in [2.24, 2.45) is 0 Å². The molecular formula is C64H125NO5. The number of esters is 1. The number of unbranched alkanes of at least 4 members (excludes halogenated alkanes) is 47. The SMILES string of the molecule is CCCCCC/C=C\CCCCCCCC(=O)OCCCCCCCCCCCCCCCCCCCCCCCCCCC(=O)NC(CO)C(O)CCCCCCCCCCCCCCCCCC. The van der Waals surface area contributed by atoms with Crippen molar-refractivity contribution in [3.63, 3.8) is 0 Å². The van der Waals surface area contributed by atoms with Crippen LogP contribution in [0.3, 0.4) is 0 Å². The van der Waals surface area contributed by atoms with Gasteiger partial charge in [-0.05, 0) is 51.4 Å². The van der Waals surface area contributed by atoms with Gasteiger partial charge in [0.15, 0.2) is 0 Å². The number of carbonyl (C=O) groups is 2. The van der Waals surface area contributed by atoms with Crippen LogP contribution in [0.2, 0.25) is 0 Å². The van der Waals surface area contributed by atoms with Crippen LogP contribution in [0, 0.1) is 0 Å². The Bertz CT molecular complexity index is 1050. The first-order valence-electron chi connectivity index (χ1n) is 31.9. The standard InChI is InChI=1S/C64H125NO5/c1-3-5-7-9-11-13-15-17-18-29-33-36-40-44-48-52-56-62(67)61(60-66)65-63(68)57-53-49-45-41-37-34-30-27-25-23-21-19-20-22-24-26-28-31-35-39-43-47-51-55-59-70-64(69)58-54-50-46-42-38-32-16-14-12-10-8-6-4-2/h14,16,61-62,66-67H,3-13,15,17-60H2,1-2H3,(H,65,68)/b16-14-. The van der Waals surface area contributed by atoms with Crippen molar-refractivity contribution in [2.45, 2.75) is 373 Å². The van der Waals surface area contributed by atoms with Crippen molar-refractivity contribution >= 4 is 11.9 Å². The Kier molecular flexibility index (Phi) is 59.0. The molecule has 0 aromatic rings. The van der Waals surface area contributed by atoms with Crippen LogP contribution in [0.15, 0.2) is 12.2 Å². The smallest absolute Gasteiger partial charge is 0.305 e. The molecule has 2 atom stereocenters. The Hall–Kier alpha value is -1.40. The van der Waals surface area contributed by atoms with Gasteiger partial charge < -0.3 is 20.3 Å². The summed E-state index contributed by atoms with van der Waals surface area (Å²) in [6, 6.07) is -0.540.